The number of cyclic esters (lactones) is 1. The van der Waals surface area contributed by atoms with E-state index in [2.05, 4.69) is 4.74 Å². The molecule has 1 aromatic rings. The summed E-state index contributed by atoms with van der Waals surface area (Å²) in [6, 6.07) is 9.62. The Labute approximate surface area is 93.2 Å². The Bertz CT molecular complexity index is 353. The Morgan fingerprint density at radius 2 is 2.12 bits per heavy atom. The molecule has 0 N–H and O–H groups in total. The van der Waals surface area contributed by atoms with Crippen LogP contribution >= 0.6 is 0 Å². The van der Waals surface area contributed by atoms with Gasteiger partial charge in [0.15, 0.2) is 0 Å². The summed E-state index contributed by atoms with van der Waals surface area (Å²) in [4.78, 5) is 10.8. The van der Waals surface area contributed by atoms with Crippen molar-refractivity contribution in [3.05, 3.63) is 35.9 Å². The highest BCUT2D eigenvalue weighted by Crippen LogP contribution is 2.19. The van der Waals surface area contributed by atoms with Crippen LogP contribution in [0.2, 0.25) is 0 Å². The summed E-state index contributed by atoms with van der Waals surface area (Å²) in [5, 5.41) is 0. The van der Waals surface area contributed by atoms with Crippen LogP contribution < -0.4 is 0 Å². The summed E-state index contributed by atoms with van der Waals surface area (Å²) >= 11 is 0. The SMILES string of the molecule is O=C1OCC(COCc2ccccc2)C1F. The average molecular weight is 224 g/mol. The smallest absolute Gasteiger partial charge is 0.341 e. The number of esters is 1. The summed E-state index contributed by atoms with van der Waals surface area (Å²) < 4.78 is 23.1. The summed E-state index contributed by atoms with van der Waals surface area (Å²) in [7, 11) is 0. The van der Waals surface area contributed by atoms with Crippen molar-refractivity contribution in [3.8, 4) is 0 Å². The molecule has 16 heavy (non-hydrogen) atoms. The van der Waals surface area contributed by atoms with Crippen molar-refractivity contribution in [1.29, 1.82) is 0 Å². The second kappa shape index (κ2) is 5.07. The fourth-order valence-electron chi connectivity index (χ4n) is 1.58. The van der Waals surface area contributed by atoms with Gasteiger partial charge in [-0.1, -0.05) is 30.3 Å². The molecule has 1 aliphatic rings. The number of ether oxygens (including phenoxy) is 2. The number of halogens is 1. The molecular formula is C12H13FO3. The van der Waals surface area contributed by atoms with Crippen LogP contribution in [-0.4, -0.2) is 25.4 Å². The predicted octanol–water partition coefficient (Wildman–Crippen LogP) is 1.71. The molecule has 1 aromatic carbocycles. The van der Waals surface area contributed by atoms with Gasteiger partial charge in [0.1, 0.15) is 0 Å². The fraction of sp³-hybridized carbons (Fsp3) is 0.417. The van der Waals surface area contributed by atoms with Gasteiger partial charge in [0, 0.05) is 0 Å². The fourth-order valence-corrected chi connectivity index (χ4v) is 1.58. The van der Waals surface area contributed by atoms with E-state index < -0.39 is 18.1 Å². The molecule has 0 bridgehead atoms. The zero-order chi connectivity index (χ0) is 11.4. The van der Waals surface area contributed by atoms with Gasteiger partial charge in [-0.2, -0.15) is 0 Å². The molecule has 2 unspecified atom stereocenters. The van der Waals surface area contributed by atoms with Gasteiger partial charge in [0.2, 0.25) is 6.17 Å². The zero-order valence-corrected chi connectivity index (χ0v) is 8.77. The zero-order valence-electron chi connectivity index (χ0n) is 8.77. The van der Waals surface area contributed by atoms with Crippen molar-refractivity contribution in [3.63, 3.8) is 0 Å². The average Bonchev–Trinajstić information content (AvgIpc) is 2.62. The largest absolute Gasteiger partial charge is 0.463 e. The third kappa shape index (κ3) is 2.58. The predicted molar refractivity (Wildman–Crippen MR) is 55.4 cm³/mol. The van der Waals surface area contributed by atoms with E-state index >= 15 is 0 Å². The van der Waals surface area contributed by atoms with Crippen molar-refractivity contribution in [2.24, 2.45) is 5.92 Å². The van der Waals surface area contributed by atoms with Gasteiger partial charge < -0.3 is 9.47 Å². The first-order chi connectivity index (χ1) is 7.77. The molecule has 2 atom stereocenters. The van der Waals surface area contributed by atoms with E-state index in [1.54, 1.807) is 0 Å². The topological polar surface area (TPSA) is 35.5 Å². The summed E-state index contributed by atoms with van der Waals surface area (Å²) in [6.45, 7) is 0.759. The first kappa shape index (κ1) is 11.1. The van der Waals surface area contributed by atoms with Gasteiger partial charge in [0.05, 0.1) is 25.7 Å². The van der Waals surface area contributed by atoms with Crippen LogP contribution in [-0.2, 0) is 20.9 Å². The van der Waals surface area contributed by atoms with Crippen molar-refractivity contribution >= 4 is 5.97 Å². The van der Waals surface area contributed by atoms with Gasteiger partial charge >= 0.3 is 5.97 Å². The lowest BCUT2D eigenvalue weighted by Crippen LogP contribution is -2.21. The molecule has 0 spiro atoms. The molecule has 3 nitrogen and oxygen atoms in total. The van der Waals surface area contributed by atoms with Crippen LogP contribution in [0.4, 0.5) is 4.39 Å². The minimum Gasteiger partial charge on any atom is -0.463 e. The van der Waals surface area contributed by atoms with Gasteiger partial charge in [-0.15, -0.1) is 0 Å². The van der Waals surface area contributed by atoms with Crippen LogP contribution in [0.5, 0.6) is 0 Å². The Balaban J connectivity index is 1.75. The normalized spacial score (nSPS) is 24.4. The van der Waals surface area contributed by atoms with Crippen LogP contribution in [0.3, 0.4) is 0 Å². The number of alkyl halides is 1. The minimum atomic E-state index is -1.53. The standard InChI is InChI=1S/C12H13FO3/c13-11-10(8-16-12(11)14)7-15-6-9-4-2-1-3-5-9/h1-5,10-11H,6-8H2. The third-order valence-corrected chi connectivity index (χ3v) is 2.52. The molecule has 1 fully saturated rings. The van der Waals surface area contributed by atoms with Crippen molar-refractivity contribution in [2.45, 2.75) is 12.8 Å². The maximum absolute atomic E-state index is 13.2. The molecule has 4 heteroatoms. The molecule has 2 rings (SSSR count). The first-order valence-corrected chi connectivity index (χ1v) is 5.20. The molecule has 1 aliphatic heterocycles. The molecule has 1 saturated heterocycles. The van der Waals surface area contributed by atoms with Crippen LogP contribution in [0, 0.1) is 5.92 Å². The number of hydrogen-bond acceptors (Lipinski definition) is 3. The number of carbonyl (C=O) groups is 1. The minimum absolute atomic E-state index is 0.120. The van der Waals surface area contributed by atoms with E-state index in [-0.39, 0.29) is 13.2 Å². The third-order valence-electron chi connectivity index (χ3n) is 2.52. The van der Waals surface area contributed by atoms with Gasteiger partial charge in [0.25, 0.3) is 0 Å². The van der Waals surface area contributed by atoms with Crippen molar-refractivity contribution < 1.29 is 18.7 Å². The Hall–Kier alpha value is -1.42. The maximum Gasteiger partial charge on any atom is 0.341 e. The summed E-state index contributed by atoms with van der Waals surface area (Å²) in [5.74, 6) is -1.23. The first-order valence-electron chi connectivity index (χ1n) is 5.20. The van der Waals surface area contributed by atoms with E-state index in [0.29, 0.717) is 6.61 Å². The van der Waals surface area contributed by atoms with Crippen molar-refractivity contribution in [1.82, 2.24) is 0 Å². The number of hydrogen-bond donors (Lipinski definition) is 0. The molecule has 0 aromatic heterocycles. The van der Waals surface area contributed by atoms with Gasteiger partial charge in [-0.3, -0.25) is 0 Å². The highest BCUT2D eigenvalue weighted by Gasteiger charge is 2.37. The summed E-state index contributed by atoms with van der Waals surface area (Å²) in [6.07, 6.45) is -1.53. The lowest BCUT2D eigenvalue weighted by atomic mass is 10.1. The Morgan fingerprint density at radius 1 is 1.38 bits per heavy atom. The lowest BCUT2D eigenvalue weighted by Gasteiger charge is -2.09. The molecule has 0 radical (unpaired) electrons. The Kier molecular flexibility index (Phi) is 3.51. The quantitative estimate of drug-likeness (QED) is 0.730. The Morgan fingerprint density at radius 3 is 2.75 bits per heavy atom. The van der Waals surface area contributed by atoms with E-state index in [4.69, 9.17) is 4.74 Å². The monoisotopic (exact) mass is 224 g/mol. The molecule has 86 valence electrons. The second-order valence-electron chi connectivity index (χ2n) is 3.79. The van der Waals surface area contributed by atoms with E-state index in [1.165, 1.54) is 0 Å². The maximum atomic E-state index is 13.2. The number of carbonyl (C=O) groups excluding carboxylic acids is 1. The molecule has 1 heterocycles. The van der Waals surface area contributed by atoms with E-state index in [1.807, 2.05) is 30.3 Å². The summed E-state index contributed by atoms with van der Waals surface area (Å²) in [5.41, 5.74) is 1.03. The number of benzene rings is 1. The van der Waals surface area contributed by atoms with Crippen LogP contribution in [0.15, 0.2) is 30.3 Å². The number of rotatable bonds is 4. The molecule has 0 saturated carbocycles. The van der Waals surface area contributed by atoms with Crippen LogP contribution in [0.25, 0.3) is 0 Å². The molecular weight excluding hydrogens is 211 g/mol. The molecule has 0 amide bonds. The van der Waals surface area contributed by atoms with Gasteiger partial charge in [-0.05, 0) is 5.56 Å². The van der Waals surface area contributed by atoms with E-state index in [0.717, 1.165) is 5.56 Å². The van der Waals surface area contributed by atoms with E-state index in [9.17, 15) is 9.18 Å². The second-order valence-corrected chi connectivity index (χ2v) is 3.79. The van der Waals surface area contributed by atoms with Gasteiger partial charge in [-0.25, -0.2) is 9.18 Å². The van der Waals surface area contributed by atoms with Crippen molar-refractivity contribution in [2.75, 3.05) is 13.2 Å². The highest BCUT2D eigenvalue weighted by atomic mass is 19.1. The highest BCUT2D eigenvalue weighted by molar-refractivity contribution is 5.76. The lowest BCUT2D eigenvalue weighted by molar-refractivity contribution is -0.142. The van der Waals surface area contributed by atoms with Crippen LogP contribution in [0.1, 0.15) is 5.56 Å². The molecule has 0 aliphatic carbocycles.